The van der Waals surface area contributed by atoms with E-state index in [9.17, 15) is 4.79 Å². The predicted molar refractivity (Wildman–Crippen MR) is 83.4 cm³/mol. The summed E-state index contributed by atoms with van der Waals surface area (Å²) >= 11 is 0. The highest BCUT2D eigenvalue weighted by Gasteiger charge is 2.39. The molecule has 3 heterocycles. The van der Waals surface area contributed by atoms with E-state index in [4.69, 9.17) is 10.5 Å². The summed E-state index contributed by atoms with van der Waals surface area (Å²) in [5.74, 6) is 0.549. The van der Waals surface area contributed by atoms with Gasteiger partial charge in [-0.15, -0.1) is 0 Å². The smallest absolute Gasteiger partial charge is 0.222 e. The quantitative estimate of drug-likeness (QED) is 0.887. The number of aromatic nitrogens is 2. The van der Waals surface area contributed by atoms with E-state index in [1.165, 1.54) is 5.56 Å². The first-order valence-electron chi connectivity index (χ1n) is 8.14. The van der Waals surface area contributed by atoms with Gasteiger partial charge in [-0.3, -0.25) is 9.48 Å². The minimum absolute atomic E-state index is 0.109. The van der Waals surface area contributed by atoms with Gasteiger partial charge in [0, 0.05) is 51.5 Å². The molecule has 0 aliphatic carbocycles. The van der Waals surface area contributed by atoms with Crippen LogP contribution in [0.15, 0.2) is 6.20 Å². The molecule has 0 saturated carbocycles. The second-order valence-electron chi connectivity index (χ2n) is 6.70. The second-order valence-corrected chi connectivity index (χ2v) is 6.70. The van der Waals surface area contributed by atoms with Gasteiger partial charge in [-0.05, 0) is 31.2 Å². The third kappa shape index (κ3) is 3.03. The first-order chi connectivity index (χ1) is 10.6. The van der Waals surface area contributed by atoms with Gasteiger partial charge < -0.3 is 15.4 Å². The number of hydrogen-bond donors (Lipinski definition) is 1. The monoisotopic (exact) mass is 306 g/mol. The lowest BCUT2D eigenvalue weighted by Crippen LogP contribution is -2.32. The van der Waals surface area contributed by atoms with Crippen molar-refractivity contribution in [2.24, 2.45) is 24.6 Å². The molecular formula is C16H26N4O2. The van der Waals surface area contributed by atoms with Crippen molar-refractivity contribution in [1.29, 1.82) is 0 Å². The number of amides is 1. The molecule has 1 aromatic heterocycles. The number of ether oxygens (including phenoxy) is 1. The van der Waals surface area contributed by atoms with Gasteiger partial charge in [0.25, 0.3) is 0 Å². The predicted octanol–water partition coefficient (Wildman–Crippen LogP) is 0.656. The van der Waals surface area contributed by atoms with Crippen molar-refractivity contribution >= 4 is 5.91 Å². The van der Waals surface area contributed by atoms with Crippen LogP contribution in [0, 0.1) is 18.8 Å². The SMILES string of the molecule is Cc1c([C@H]2CN(CC3CCOCC3)C[C@@H]2C(N)=O)cnn1C. The Kier molecular flexibility index (Phi) is 4.49. The van der Waals surface area contributed by atoms with Crippen molar-refractivity contribution in [1.82, 2.24) is 14.7 Å². The van der Waals surface area contributed by atoms with Crippen molar-refractivity contribution in [2.75, 3.05) is 32.8 Å². The average Bonchev–Trinajstić information content (AvgIpc) is 3.05. The number of carbonyl (C=O) groups is 1. The molecule has 6 nitrogen and oxygen atoms in total. The molecule has 6 heteroatoms. The molecule has 2 aliphatic rings. The topological polar surface area (TPSA) is 73.4 Å². The van der Waals surface area contributed by atoms with Crippen molar-refractivity contribution in [3.05, 3.63) is 17.5 Å². The maximum atomic E-state index is 11.9. The number of aryl methyl sites for hydroxylation is 1. The summed E-state index contributed by atoms with van der Waals surface area (Å²) < 4.78 is 7.30. The number of carbonyl (C=O) groups excluding carboxylic acids is 1. The Labute approximate surface area is 131 Å². The van der Waals surface area contributed by atoms with E-state index in [1.807, 2.05) is 17.9 Å². The molecule has 1 aromatic rings. The molecule has 0 unspecified atom stereocenters. The molecule has 2 N–H and O–H groups in total. The van der Waals surface area contributed by atoms with Gasteiger partial charge in [0.15, 0.2) is 0 Å². The van der Waals surface area contributed by atoms with Gasteiger partial charge in [0.1, 0.15) is 0 Å². The molecular weight excluding hydrogens is 280 g/mol. The molecule has 2 saturated heterocycles. The van der Waals surface area contributed by atoms with Gasteiger partial charge in [-0.2, -0.15) is 5.10 Å². The zero-order valence-electron chi connectivity index (χ0n) is 13.5. The Bertz CT molecular complexity index is 536. The van der Waals surface area contributed by atoms with E-state index in [-0.39, 0.29) is 17.7 Å². The first-order valence-corrected chi connectivity index (χ1v) is 8.14. The lowest BCUT2D eigenvalue weighted by Gasteiger charge is -2.26. The molecule has 2 atom stereocenters. The molecule has 1 amide bonds. The van der Waals surface area contributed by atoms with Crippen LogP contribution in [0.25, 0.3) is 0 Å². The zero-order chi connectivity index (χ0) is 15.7. The fraction of sp³-hybridized carbons (Fsp3) is 0.750. The summed E-state index contributed by atoms with van der Waals surface area (Å²) in [5.41, 5.74) is 7.96. The maximum Gasteiger partial charge on any atom is 0.222 e. The first kappa shape index (κ1) is 15.5. The molecule has 3 rings (SSSR count). The van der Waals surface area contributed by atoms with E-state index in [2.05, 4.69) is 16.9 Å². The Morgan fingerprint density at radius 1 is 1.41 bits per heavy atom. The number of nitrogens with two attached hydrogens (primary N) is 1. The van der Waals surface area contributed by atoms with Crippen LogP contribution in [-0.4, -0.2) is 53.4 Å². The van der Waals surface area contributed by atoms with Gasteiger partial charge >= 0.3 is 0 Å². The Morgan fingerprint density at radius 2 is 2.14 bits per heavy atom. The van der Waals surface area contributed by atoms with E-state index in [0.29, 0.717) is 5.92 Å². The van der Waals surface area contributed by atoms with Gasteiger partial charge in [-0.1, -0.05) is 0 Å². The third-order valence-corrected chi connectivity index (χ3v) is 5.29. The second kappa shape index (κ2) is 6.38. The summed E-state index contributed by atoms with van der Waals surface area (Å²) in [6.07, 6.45) is 4.14. The summed E-state index contributed by atoms with van der Waals surface area (Å²) in [6, 6.07) is 0. The van der Waals surface area contributed by atoms with E-state index < -0.39 is 0 Å². The minimum Gasteiger partial charge on any atom is -0.381 e. The van der Waals surface area contributed by atoms with E-state index in [0.717, 1.165) is 51.4 Å². The van der Waals surface area contributed by atoms with Crippen LogP contribution in [0.2, 0.25) is 0 Å². The molecule has 0 aromatic carbocycles. The fourth-order valence-electron chi connectivity index (χ4n) is 3.81. The lowest BCUT2D eigenvalue weighted by molar-refractivity contribution is -0.121. The van der Waals surface area contributed by atoms with E-state index >= 15 is 0 Å². The van der Waals surface area contributed by atoms with Crippen LogP contribution < -0.4 is 5.73 Å². The van der Waals surface area contributed by atoms with Gasteiger partial charge in [0.05, 0.1) is 12.1 Å². The van der Waals surface area contributed by atoms with Crippen molar-refractivity contribution in [3.8, 4) is 0 Å². The third-order valence-electron chi connectivity index (χ3n) is 5.29. The number of likely N-dealkylation sites (tertiary alicyclic amines) is 1. The molecule has 0 bridgehead atoms. The largest absolute Gasteiger partial charge is 0.381 e. The normalized spacial score (nSPS) is 27.4. The highest BCUT2D eigenvalue weighted by atomic mass is 16.5. The Balaban J connectivity index is 1.72. The molecule has 122 valence electrons. The van der Waals surface area contributed by atoms with Crippen molar-refractivity contribution in [2.45, 2.75) is 25.7 Å². The van der Waals surface area contributed by atoms with Crippen LogP contribution in [-0.2, 0) is 16.6 Å². The molecule has 0 spiro atoms. The highest BCUT2D eigenvalue weighted by molar-refractivity contribution is 5.78. The molecule has 22 heavy (non-hydrogen) atoms. The standard InChI is InChI=1S/C16H26N4O2/c1-11-13(7-18-19(11)2)14-9-20(10-15(14)16(17)21)8-12-3-5-22-6-4-12/h7,12,14-15H,3-6,8-10H2,1-2H3,(H2,17,21)/t14-,15+/m1/s1. The fourth-order valence-corrected chi connectivity index (χ4v) is 3.81. The number of nitrogens with zero attached hydrogens (tertiary/aromatic N) is 3. The highest BCUT2D eigenvalue weighted by Crippen LogP contribution is 2.35. The number of hydrogen-bond acceptors (Lipinski definition) is 4. The van der Waals surface area contributed by atoms with Crippen LogP contribution in [0.3, 0.4) is 0 Å². The number of primary amides is 1. The summed E-state index contributed by atoms with van der Waals surface area (Å²) in [5, 5.41) is 4.32. The number of rotatable bonds is 4. The van der Waals surface area contributed by atoms with Crippen molar-refractivity contribution in [3.63, 3.8) is 0 Å². The maximum absolute atomic E-state index is 11.9. The van der Waals surface area contributed by atoms with Crippen LogP contribution >= 0.6 is 0 Å². The average molecular weight is 306 g/mol. The summed E-state index contributed by atoms with van der Waals surface area (Å²) in [7, 11) is 1.94. The van der Waals surface area contributed by atoms with E-state index in [1.54, 1.807) is 0 Å². The summed E-state index contributed by atoms with van der Waals surface area (Å²) in [6.45, 7) is 6.50. The van der Waals surface area contributed by atoms with Crippen molar-refractivity contribution < 1.29 is 9.53 Å². The van der Waals surface area contributed by atoms with Crippen LogP contribution in [0.4, 0.5) is 0 Å². The van der Waals surface area contributed by atoms with Crippen LogP contribution in [0.5, 0.6) is 0 Å². The Morgan fingerprint density at radius 3 is 2.73 bits per heavy atom. The van der Waals surface area contributed by atoms with Crippen LogP contribution in [0.1, 0.15) is 30.0 Å². The van der Waals surface area contributed by atoms with Gasteiger partial charge in [0.2, 0.25) is 5.91 Å². The molecule has 0 radical (unpaired) electrons. The minimum atomic E-state index is -0.192. The molecule has 2 fully saturated rings. The molecule has 2 aliphatic heterocycles. The summed E-state index contributed by atoms with van der Waals surface area (Å²) in [4.78, 5) is 14.3. The van der Waals surface area contributed by atoms with Gasteiger partial charge in [-0.25, -0.2) is 0 Å². The lowest BCUT2D eigenvalue weighted by atomic mass is 9.89. The Hall–Kier alpha value is -1.40. The zero-order valence-corrected chi connectivity index (χ0v) is 13.5.